The van der Waals surface area contributed by atoms with Crippen molar-refractivity contribution >= 4 is 5.65 Å². The molecule has 86 valence electrons. The fraction of sp³-hybridized carbons (Fsp3) is 0.0769. The summed E-state index contributed by atoms with van der Waals surface area (Å²) in [5, 5.41) is 13.4. The van der Waals surface area contributed by atoms with Crippen LogP contribution in [-0.4, -0.2) is 19.6 Å². The molecule has 0 saturated carbocycles. The monoisotopic (exact) mass is 235 g/mol. The maximum atomic E-state index is 9.07. The van der Waals surface area contributed by atoms with Gasteiger partial charge in [0.25, 0.3) is 0 Å². The second-order valence-electron chi connectivity index (χ2n) is 3.87. The quantitative estimate of drug-likeness (QED) is 0.646. The molecule has 0 aromatic carbocycles. The molecule has 0 aliphatic carbocycles. The molecule has 0 atom stereocenters. The van der Waals surface area contributed by atoms with Crippen molar-refractivity contribution in [1.82, 2.24) is 19.6 Å². The smallest absolute Gasteiger partial charge is 0.174 e. The molecule has 3 aromatic heterocycles. The standard InChI is InChI=1S/C13H9N5/c1-9-16-13-11(8-14)2-3-12(18(13)17-9)10-4-6-15-7-5-10/h2-7H,1H3. The van der Waals surface area contributed by atoms with Gasteiger partial charge in [-0.05, 0) is 31.2 Å². The topological polar surface area (TPSA) is 66.9 Å². The van der Waals surface area contributed by atoms with Crippen molar-refractivity contribution in [3.63, 3.8) is 0 Å². The van der Waals surface area contributed by atoms with E-state index in [-0.39, 0.29) is 0 Å². The molecule has 0 unspecified atom stereocenters. The largest absolute Gasteiger partial charge is 0.265 e. The molecule has 0 aliphatic rings. The average molecular weight is 235 g/mol. The number of rotatable bonds is 1. The highest BCUT2D eigenvalue weighted by Gasteiger charge is 2.10. The molecule has 5 nitrogen and oxygen atoms in total. The zero-order valence-corrected chi connectivity index (χ0v) is 9.70. The number of hydrogen-bond acceptors (Lipinski definition) is 4. The van der Waals surface area contributed by atoms with Crippen LogP contribution in [0.4, 0.5) is 0 Å². The first-order chi connectivity index (χ1) is 8.79. The highest BCUT2D eigenvalue weighted by molar-refractivity contribution is 5.66. The van der Waals surface area contributed by atoms with Crippen LogP contribution in [0.1, 0.15) is 11.4 Å². The summed E-state index contributed by atoms with van der Waals surface area (Å²) < 4.78 is 1.70. The number of pyridine rings is 2. The number of hydrogen-bond donors (Lipinski definition) is 0. The molecule has 0 aliphatic heterocycles. The van der Waals surface area contributed by atoms with E-state index in [2.05, 4.69) is 21.1 Å². The van der Waals surface area contributed by atoms with Crippen LogP contribution in [0.3, 0.4) is 0 Å². The molecule has 3 heterocycles. The van der Waals surface area contributed by atoms with Crippen molar-refractivity contribution in [3.05, 3.63) is 48.0 Å². The van der Waals surface area contributed by atoms with Gasteiger partial charge in [0.2, 0.25) is 0 Å². The summed E-state index contributed by atoms with van der Waals surface area (Å²) >= 11 is 0. The fourth-order valence-corrected chi connectivity index (χ4v) is 1.89. The molecule has 5 heteroatoms. The molecule has 3 aromatic rings. The predicted molar refractivity (Wildman–Crippen MR) is 65.7 cm³/mol. The summed E-state index contributed by atoms with van der Waals surface area (Å²) in [4.78, 5) is 8.28. The lowest BCUT2D eigenvalue weighted by atomic mass is 10.1. The minimum atomic E-state index is 0.522. The Bertz CT molecular complexity index is 752. The number of aromatic nitrogens is 4. The number of fused-ring (bicyclic) bond motifs is 1. The Kier molecular flexibility index (Phi) is 2.27. The molecular weight excluding hydrogens is 226 g/mol. The van der Waals surface area contributed by atoms with Gasteiger partial charge in [0.15, 0.2) is 5.65 Å². The van der Waals surface area contributed by atoms with Crippen LogP contribution in [0.5, 0.6) is 0 Å². The van der Waals surface area contributed by atoms with E-state index in [1.54, 1.807) is 23.0 Å². The van der Waals surface area contributed by atoms with E-state index in [0.717, 1.165) is 11.3 Å². The van der Waals surface area contributed by atoms with Crippen molar-refractivity contribution in [2.45, 2.75) is 6.92 Å². The van der Waals surface area contributed by atoms with Crippen LogP contribution in [0.25, 0.3) is 16.9 Å². The SMILES string of the molecule is Cc1nc2c(C#N)ccc(-c3ccncc3)n2n1. The third kappa shape index (κ3) is 1.52. The van der Waals surface area contributed by atoms with Crippen molar-refractivity contribution in [3.8, 4) is 17.3 Å². The molecular formula is C13H9N5. The number of nitrogens with zero attached hydrogens (tertiary/aromatic N) is 5. The first-order valence-corrected chi connectivity index (χ1v) is 5.46. The maximum absolute atomic E-state index is 9.07. The van der Waals surface area contributed by atoms with Crippen LogP contribution < -0.4 is 0 Å². The Morgan fingerprint density at radius 1 is 1.17 bits per heavy atom. The minimum absolute atomic E-state index is 0.522. The summed E-state index contributed by atoms with van der Waals surface area (Å²) in [6.45, 7) is 1.81. The van der Waals surface area contributed by atoms with Gasteiger partial charge in [-0.2, -0.15) is 10.4 Å². The van der Waals surface area contributed by atoms with Gasteiger partial charge < -0.3 is 0 Å². The number of aryl methyl sites for hydroxylation is 1. The summed E-state index contributed by atoms with van der Waals surface area (Å²) in [7, 11) is 0. The Morgan fingerprint density at radius 2 is 1.94 bits per heavy atom. The fourth-order valence-electron chi connectivity index (χ4n) is 1.89. The Morgan fingerprint density at radius 3 is 2.67 bits per heavy atom. The van der Waals surface area contributed by atoms with Crippen LogP contribution >= 0.6 is 0 Å². The van der Waals surface area contributed by atoms with Crippen LogP contribution in [0.15, 0.2) is 36.7 Å². The Hall–Kier alpha value is -2.74. The van der Waals surface area contributed by atoms with Crippen molar-refractivity contribution < 1.29 is 0 Å². The summed E-state index contributed by atoms with van der Waals surface area (Å²) in [6.07, 6.45) is 3.45. The molecule has 0 fully saturated rings. The third-order valence-electron chi connectivity index (χ3n) is 2.69. The van der Waals surface area contributed by atoms with Gasteiger partial charge in [0.1, 0.15) is 11.9 Å². The van der Waals surface area contributed by atoms with E-state index in [9.17, 15) is 0 Å². The van der Waals surface area contributed by atoms with Crippen molar-refractivity contribution in [1.29, 1.82) is 5.26 Å². The normalized spacial score (nSPS) is 10.4. The molecule has 0 bridgehead atoms. The third-order valence-corrected chi connectivity index (χ3v) is 2.69. The predicted octanol–water partition coefficient (Wildman–Crippen LogP) is 1.97. The lowest BCUT2D eigenvalue weighted by Gasteiger charge is -2.04. The summed E-state index contributed by atoms with van der Waals surface area (Å²) in [5.74, 6) is 0.646. The van der Waals surface area contributed by atoms with Gasteiger partial charge in [0, 0.05) is 18.0 Å². The average Bonchev–Trinajstić information content (AvgIpc) is 2.80. The van der Waals surface area contributed by atoms with Gasteiger partial charge >= 0.3 is 0 Å². The van der Waals surface area contributed by atoms with Gasteiger partial charge in [-0.3, -0.25) is 4.98 Å². The Balaban J connectivity index is 2.36. The van der Waals surface area contributed by atoms with Crippen molar-refractivity contribution in [2.24, 2.45) is 0 Å². The molecule has 0 N–H and O–H groups in total. The highest BCUT2D eigenvalue weighted by atomic mass is 15.3. The van der Waals surface area contributed by atoms with E-state index in [0.29, 0.717) is 17.0 Å². The Labute approximate surface area is 103 Å². The van der Waals surface area contributed by atoms with Crippen molar-refractivity contribution in [2.75, 3.05) is 0 Å². The second kappa shape index (κ2) is 3.93. The maximum Gasteiger partial charge on any atom is 0.174 e. The first kappa shape index (κ1) is 10.4. The van der Waals surface area contributed by atoms with E-state index in [4.69, 9.17) is 5.26 Å². The minimum Gasteiger partial charge on any atom is -0.265 e. The summed E-state index contributed by atoms with van der Waals surface area (Å²) in [5.41, 5.74) is 2.99. The zero-order chi connectivity index (χ0) is 12.5. The molecule has 0 radical (unpaired) electrons. The molecule has 0 spiro atoms. The second-order valence-corrected chi connectivity index (χ2v) is 3.87. The van der Waals surface area contributed by atoms with Crippen LogP contribution in [0.2, 0.25) is 0 Å². The van der Waals surface area contributed by atoms with E-state index < -0.39 is 0 Å². The molecule has 3 rings (SSSR count). The van der Waals surface area contributed by atoms with E-state index in [1.165, 1.54) is 0 Å². The molecule has 0 amide bonds. The zero-order valence-electron chi connectivity index (χ0n) is 9.70. The van der Waals surface area contributed by atoms with Crippen LogP contribution in [-0.2, 0) is 0 Å². The molecule has 0 saturated heterocycles. The summed E-state index contributed by atoms with van der Waals surface area (Å²) in [6, 6.07) is 9.56. The highest BCUT2D eigenvalue weighted by Crippen LogP contribution is 2.21. The van der Waals surface area contributed by atoms with Crippen LogP contribution in [0, 0.1) is 18.3 Å². The van der Waals surface area contributed by atoms with E-state index in [1.807, 2.05) is 25.1 Å². The van der Waals surface area contributed by atoms with Gasteiger partial charge in [-0.25, -0.2) is 9.50 Å². The molecule has 18 heavy (non-hydrogen) atoms. The number of nitriles is 1. The first-order valence-electron chi connectivity index (χ1n) is 5.46. The van der Waals surface area contributed by atoms with Gasteiger partial charge in [-0.15, -0.1) is 0 Å². The lowest BCUT2D eigenvalue weighted by molar-refractivity contribution is 0.936. The van der Waals surface area contributed by atoms with E-state index >= 15 is 0 Å². The van der Waals surface area contributed by atoms with Gasteiger partial charge in [0.05, 0.1) is 11.3 Å². The lowest BCUT2D eigenvalue weighted by Crippen LogP contribution is -1.96. The van der Waals surface area contributed by atoms with Gasteiger partial charge in [-0.1, -0.05) is 0 Å².